The van der Waals surface area contributed by atoms with Crippen LogP contribution >= 0.6 is 54.8 Å². The number of anilines is 1. The van der Waals surface area contributed by atoms with Crippen LogP contribution < -0.4 is 4.72 Å². The van der Waals surface area contributed by atoms with Gasteiger partial charge in [-0.15, -0.1) is 11.3 Å². The summed E-state index contributed by atoms with van der Waals surface area (Å²) in [6.07, 6.45) is 0. The van der Waals surface area contributed by atoms with E-state index in [-0.39, 0.29) is 20.1 Å². The van der Waals surface area contributed by atoms with Gasteiger partial charge in [-0.05, 0) is 44.0 Å². The average Bonchev–Trinajstić information content (AvgIpc) is 2.72. The Morgan fingerprint density at radius 1 is 1.29 bits per heavy atom. The largest absolute Gasteiger partial charge is 0.278 e. The van der Waals surface area contributed by atoms with Gasteiger partial charge in [-0.1, -0.05) is 11.6 Å². The third kappa shape index (κ3) is 3.75. The molecule has 6 nitrogen and oxygen atoms in total. The van der Waals surface area contributed by atoms with Gasteiger partial charge in [0.2, 0.25) is 0 Å². The van der Waals surface area contributed by atoms with Crippen LogP contribution in [-0.2, 0) is 10.0 Å². The second-order valence-corrected chi connectivity index (χ2v) is 9.25. The number of nitro benzene ring substituents is 1. The summed E-state index contributed by atoms with van der Waals surface area (Å²) < 4.78 is 27.6. The van der Waals surface area contributed by atoms with Gasteiger partial charge < -0.3 is 0 Å². The minimum absolute atomic E-state index is 0.0321. The number of halogens is 3. The Morgan fingerprint density at radius 2 is 1.95 bits per heavy atom. The summed E-state index contributed by atoms with van der Waals surface area (Å²) in [4.78, 5) is 10.1. The van der Waals surface area contributed by atoms with Gasteiger partial charge in [0, 0.05) is 16.6 Å². The number of nitrogens with zero attached hydrogens (tertiary/aromatic N) is 1. The highest BCUT2D eigenvalue weighted by Gasteiger charge is 2.21. The molecule has 0 unspecified atom stereocenters. The van der Waals surface area contributed by atoms with Crippen molar-refractivity contribution in [3.63, 3.8) is 0 Å². The summed E-state index contributed by atoms with van der Waals surface area (Å²) in [5, 5.41) is 10.9. The van der Waals surface area contributed by atoms with Crippen molar-refractivity contribution in [1.29, 1.82) is 0 Å². The Labute approximate surface area is 145 Å². The van der Waals surface area contributed by atoms with Crippen molar-refractivity contribution in [3.05, 3.63) is 47.7 Å². The van der Waals surface area contributed by atoms with E-state index in [1.165, 1.54) is 24.3 Å². The normalized spacial score (nSPS) is 11.4. The zero-order valence-corrected chi connectivity index (χ0v) is 15.4. The molecular weight excluding hydrogens is 472 g/mol. The molecule has 0 fully saturated rings. The molecule has 21 heavy (non-hydrogen) atoms. The lowest BCUT2D eigenvalue weighted by Crippen LogP contribution is -2.11. The molecule has 0 saturated heterocycles. The van der Waals surface area contributed by atoms with Gasteiger partial charge in [-0.3, -0.25) is 14.8 Å². The number of rotatable bonds is 4. The van der Waals surface area contributed by atoms with Crippen molar-refractivity contribution in [2.45, 2.75) is 4.21 Å². The summed E-state index contributed by atoms with van der Waals surface area (Å²) in [5.74, 6) is 0. The smallest absolute Gasteiger partial charge is 0.271 e. The predicted octanol–water partition coefficient (Wildman–Crippen LogP) is 4.64. The quantitative estimate of drug-likeness (QED) is 0.514. The molecule has 0 aliphatic carbocycles. The van der Waals surface area contributed by atoms with Gasteiger partial charge >= 0.3 is 0 Å². The van der Waals surface area contributed by atoms with E-state index in [1.807, 2.05) is 0 Å². The molecule has 1 N–H and O–H groups in total. The molecular formula is C10H5Br2ClN2O4S2. The lowest BCUT2D eigenvalue weighted by molar-refractivity contribution is -0.384. The number of benzene rings is 1. The molecule has 0 spiro atoms. The van der Waals surface area contributed by atoms with Crippen LogP contribution in [0.25, 0.3) is 0 Å². The number of sulfonamides is 1. The summed E-state index contributed by atoms with van der Waals surface area (Å²) in [7, 11) is -3.82. The lowest BCUT2D eigenvalue weighted by Gasteiger charge is -2.07. The van der Waals surface area contributed by atoms with Crippen LogP contribution in [0.5, 0.6) is 0 Å². The predicted molar refractivity (Wildman–Crippen MR) is 88.6 cm³/mol. The third-order valence-corrected chi connectivity index (χ3v) is 7.27. The molecule has 11 heteroatoms. The molecule has 0 amide bonds. The van der Waals surface area contributed by atoms with Gasteiger partial charge in [0.05, 0.1) is 19.4 Å². The van der Waals surface area contributed by atoms with Gasteiger partial charge in [0.25, 0.3) is 15.7 Å². The van der Waals surface area contributed by atoms with E-state index >= 15 is 0 Å². The maximum absolute atomic E-state index is 12.2. The fourth-order valence-electron chi connectivity index (χ4n) is 1.35. The zero-order valence-electron chi connectivity index (χ0n) is 9.84. The monoisotopic (exact) mass is 474 g/mol. The zero-order chi connectivity index (χ0) is 15.8. The fraction of sp³-hybridized carbons (Fsp3) is 0. The SMILES string of the molecule is O=[N+]([O-])c1ccc(NS(=O)(=O)c2cc(Cl)c(Br)s2)c(Br)c1. The maximum atomic E-state index is 12.2. The number of hydrogen-bond donors (Lipinski definition) is 1. The van der Waals surface area contributed by atoms with Gasteiger partial charge in [0.15, 0.2) is 0 Å². The molecule has 1 aromatic carbocycles. The number of thiophene rings is 1. The van der Waals surface area contributed by atoms with Crippen molar-refractivity contribution >= 4 is 76.2 Å². The van der Waals surface area contributed by atoms with Crippen LogP contribution in [0.2, 0.25) is 5.02 Å². The fourth-order valence-corrected chi connectivity index (χ4v) is 5.43. The third-order valence-electron chi connectivity index (χ3n) is 2.30. The molecule has 1 aromatic heterocycles. The van der Waals surface area contributed by atoms with E-state index in [4.69, 9.17) is 11.6 Å². The maximum Gasteiger partial charge on any atom is 0.271 e. The number of hydrogen-bond acceptors (Lipinski definition) is 5. The Balaban J connectivity index is 2.35. The standard InChI is InChI=1S/C10H5Br2ClN2O4S2/c11-6-3-5(15(16)17)1-2-8(6)14-21(18,19)9-4-7(13)10(12)20-9/h1-4,14H. The lowest BCUT2D eigenvalue weighted by atomic mass is 10.3. The second-order valence-electron chi connectivity index (χ2n) is 3.71. The van der Waals surface area contributed by atoms with E-state index < -0.39 is 14.9 Å². The number of nitrogens with one attached hydrogen (secondary N) is 1. The Bertz CT molecular complexity index is 803. The van der Waals surface area contributed by atoms with Crippen LogP contribution in [0.15, 0.2) is 36.7 Å². The van der Waals surface area contributed by atoms with Crippen LogP contribution in [-0.4, -0.2) is 13.3 Å². The number of non-ortho nitro benzene ring substituents is 1. The molecule has 2 rings (SSSR count). The van der Waals surface area contributed by atoms with E-state index in [2.05, 4.69) is 36.6 Å². The van der Waals surface area contributed by atoms with Crippen molar-refractivity contribution < 1.29 is 13.3 Å². The molecule has 1 heterocycles. The first-order chi connectivity index (χ1) is 9.70. The van der Waals surface area contributed by atoms with E-state index in [9.17, 15) is 18.5 Å². The Hall–Kier alpha value is -0.680. The van der Waals surface area contributed by atoms with E-state index in [0.29, 0.717) is 8.81 Å². The van der Waals surface area contributed by atoms with Crippen LogP contribution in [0.3, 0.4) is 0 Å². The van der Waals surface area contributed by atoms with Crippen LogP contribution in [0.4, 0.5) is 11.4 Å². The molecule has 0 aliphatic rings. The first-order valence-electron chi connectivity index (χ1n) is 5.12. The molecule has 112 valence electrons. The van der Waals surface area contributed by atoms with E-state index in [0.717, 1.165) is 11.3 Å². The molecule has 2 aromatic rings. The molecule has 0 radical (unpaired) electrons. The van der Waals surface area contributed by atoms with Crippen molar-refractivity contribution in [1.82, 2.24) is 0 Å². The summed E-state index contributed by atoms with van der Waals surface area (Å²) in [5.41, 5.74) is 0.0491. The minimum Gasteiger partial charge on any atom is -0.278 e. The Morgan fingerprint density at radius 3 is 2.43 bits per heavy atom. The average molecular weight is 477 g/mol. The van der Waals surface area contributed by atoms with Gasteiger partial charge in [-0.2, -0.15) is 0 Å². The molecule has 0 atom stereocenters. The highest BCUT2D eigenvalue weighted by Crippen LogP contribution is 2.36. The summed E-state index contributed by atoms with van der Waals surface area (Å²) in [6.45, 7) is 0. The Kier molecular flexibility index (Phi) is 4.93. The molecule has 0 aliphatic heterocycles. The molecule has 0 bridgehead atoms. The minimum atomic E-state index is -3.82. The van der Waals surface area contributed by atoms with Crippen molar-refractivity contribution in [3.8, 4) is 0 Å². The van der Waals surface area contributed by atoms with Crippen molar-refractivity contribution in [2.75, 3.05) is 4.72 Å². The molecule has 0 saturated carbocycles. The van der Waals surface area contributed by atoms with Gasteiger partial charge in [0.1, 0.15) is 4.21 Å². The van der Waals surface area contributed by atoms with Gasteiger partial charge in [-0.25, -0.2) is 8.42 Å². The van der Waals surface area contributed by atoms with Crippen molar-refractivity contribution in [2.24, 2.45) is 0 Å². The first kappa shape index (κ1) is 16.7. The highest BCUT2D eigenvalue weighted by atomic mass is 79.9. The topological polar surface area (TPSA) is 89.3 Å². The summed E-state index contributed by atoms with van der Waals surface area (Å²) in [6, 6.07) is 5.05. The number of nitro groups is 1. The van der Waals surface area contributed by atoms with Crippen LogP contribution in [0.1, 0.15) is 0 Å². The van der Waals surface area contributed by atoms with E-state index in [1.54, 1.807) is 0 Å². The summed E-state index contributed by atoms with van der Waals surface area (Å²) >= 11 is 13.0. The first-order valence-corrected chi connectivity index (χ1v) is 9.38. The second kappa shape index (κ2) is 6.21. The van der Waals surface area contributed by atoms with Crippen LogP contribution in [0, 0.1) is 10.1 Å². The highest BCUT2D eigenvalue weighted by molar-refractivity contribution is 9.11.